The summed E-state index contributed by atoms with van der Waals surface area (Å²) in [5, 5.41) is 7.19. The van der Waals surface area contributed by atoms with Gasteiger partial charge in [-0.25, -0.2) is 0 Å². The monoisotopic (exact) mass is 333 g/mol. The number of aromatic nitrogens is 2. The van der Waals surface area contributed by atoms with Gasteiger partial charge in [-0.05, 0) is 31.5 Å². The molecule has 1 heterocycles. The van der Waals surface area contributed by atoms with Gasteiger partial charge in [0.05, 0.1) is 32.6 Å². The Morgan fingerprint density at radius 1 is 1.12 bits per heavy atom. The van der Waals surface area contributed by atoms with Crippen LogP contribution < -0.4 is 19.5 Å². The standard InChI is InChI=1S/C17H23N3O4/c1-12-8-11-20(19-12)10-5-9-18-17(21)13-6-7-14(22-2)16(24-4)15(13)23-3/h6-8,11H,5,9-10H2,1-4H3,(H,18,21). The van der Waals surface area contributed by atoms with Crippen molar-refractivity contribution in [2.75, 3.05) is 27.9 Å². The van der Waals surface area contributed by atoms with E-state index in [1.165, 1.54) is 21.3 Å². The predicted molar refractivity (Wildman–Crippen MR) is 90.0 cm³/mol. The van der Waals surface area contributed by atoms with E-state index in [9.17, 15) is 4.79 Å². The van der Waals surface area contributed by atoms with Crippen LogP contribution in [-0.2, 0) is 6.54 Å². The number of nitrogens with one attached hydrogen (secondary N) is 1. The minimum Gasteiger partial charge on any atom is -0.493 e. The molecule has 0 saturated carbocycles. The minimum atomic E-state index is -0.218. The SMILES string of the molecule is COc1ccc(C(=O)NCCCn2ccc(C)n2)c(OC)c1OC. The van der Waals surface area contributed by atoms with Gasteiger partial charge in [-0.1, -0.05) is 0 Å². The van der Waals surface area contributed by atoms with Crippen LogP contribution in [-0.4, -0.2) is 43.6 Å². The highest BCUT2D eigenvalue weighted by Crippen LogP contribution is 2.39. The van der Waals surface area contributed by atoms with Crippen LogP contribution in [0, 0.1) is 6.92 Å². The molecular weight excluding hydrogens is 310 g/mol. The van der Waals surface area contributed by atoms with Crippen LogP contribution in [0.4, 0.5) is 0 Å². The Hall–Kier alpha value is -2.70. The molecule has 1 amide bonds. The van der Waals surface area contributed by atoms with E-state index >= 15 is 0 Å². The number of benzene rings is 1. The van der Waals surface area contributed by atoms with Gasteiger partial charge in [0.1, 0.15) is 0 Å². The van der Waals surface area contributed by atoms with Crippen molar-refractivity contribution in [3.8, 4) is 17.2 Å². The first kappa shape index (κ1) is 17.7. The molecule has 0 bridgehead atoms. The summed E-state index contributed by atoms with van der Waals surface area (Å²) in [7, 11) is 4.54. The van der Waals surface area contributed by atoms with Gasteiger partial charge < -0.3 is 19.5 Å². The van der Waals surface area contributed by atoms with Crippen LogP contribution >= 0.6 is 0 Å². The molecule has 7 heteroatoms. The second-order valence-electron chi connectivity index (χ2n) is 5.21. The average Bonchev–Trinajstić information content (AvgIpc) is 3.02. The molecule has 0 saturated heterocycles. The van der Waals surface area contributed by atoms with Crippen LogP contribution in [0.3, 0.4) is 0 Å². The van der Waals surface area contributed by atoms with Gasteiger partial charge in [-0.2, -0.15) is 5.10 Å². The fourth-order valence-corrected chi connectivity index (χ4v) is 2.41. The zero-order chi connectivity index (χ0) is 17.5. The summed E-state index contributed by atoms with van der Waals surface area (Å²) in [4.78, 5) is 12.4. The number of methoxy groups -OCH3 is 3. The number of ether oxygens (including phenoxy) is 3. The largest absolute Gasteiger partial charge is 0.493 e. The first-order valence-corrected chi connectivity index (χ1v) is 7.68. The van der Waals surface area contributed by atoms with Crippen LogP contribution in [0.5, 0.6) is 17.2 Å². The summed E-state index contributed by atoms with van der Waals surface area (Å²) in [5.41, 5.74) is 1.39. The van der Waals surface area contributed by atoms with Gasteiger partial charge in [0, 0.05) is 19.3 Å². The normalized spacial score (nSPS) is 10.3. The van der Waals surface area contributed by atoms with E-state index in [4.69, 9.17) is 14.2 Å². The maximum Gasteiger partial charge on any atom is 0.255 e. The van der Waals surface area contributed by atoms with Gasteiger partial charge in [0.2, 0.25) is 5.75 Å². The van der Waals surface area contributed by atoms with Crippen molar-refractivity contribution in [2.24, 2.45) is 0 Å². The molecule has 130 valence electrons. The molecule has 1 aromatic heterocycles. The Morgan fingerprint density at radius 3 is 2.46 bits per heavy atom. The van der Waals surface area contributed by atoms with E-state index in [1.807, 2.05) is 23.9 Å². The molecule has 0 aliphatic carbocycles. The Bertz CT molecular complexity index is 697. The van der Waals surface area contributed by atoms with Crippen LogP contribution in [0.15, 0.2) is 24.4 Å². The van der Waals surface area contributed by atoms with Crippen LogP contribution in [0.2, 0.25) is 0 Å². The third kappa shape index (κ3) is 3.98. The molecule has 2 rings (SSSR count). The number of amides is 1. The number of carbonyl (C=O) groups is 1. The number of hydrogen-bond acceptors (Lipinski definition) is 5. The van der Waals surface area contributed by atoms with Crippen molar-refractivity contribution >= 4 is 5.91 Å². The maximum atomic E-state index is 12.4. The topological polar surface area (TPSA) is 74.6 Å². The van der Waals surface area contributed by atoms with Crippen molar-refractivity contribution in [2.45, 2.75) is 19.9 Å². The maximum absolute atomic E-state index is 12.4. The molecule has 0 radical (unpaired) electrons. The van der Waals surface area contributed by atoms with Gasteiger partial charge in [-0.3, -0.25) is 9.48 Å². The summed E-state index contributed by atoms with van der Waals surface area (Å²) in [5.74, 6) is 1.06. The number of aryl methyl sites for hydroxylation is 2. The number of carbonyl (C=O) groups excluding carboxylic acids is 1. The molecular formula is C17H23N3O4. The summed E-state index contributed by atoms with van der Waals surface area (Å²) in [6, 6.07) is 5.29. The molecule has 2 aromatic rings. The van der Waals surface area contributed by atoms with Crippen molar-refractivity contribution < 1.29 is 19.0 Å². The first-order valence-electron chi connectivity index (χ1n) is 7.68. The molecule has 24 heavy (non-hydrogen) atoms. The Labute approximate surface area is 141 Å². The molecule has 0 fully saturated rings. The number of nitrogens with zero attached hydrogens (tertiary/aromatic N) is 2. The summed E-state index contributed by atoms with van der Waals surface area (Å²) < 4.78 is 17.7. The lowest BCUT2D eigenvalue weighted by Gasteiger charge is -2.15. The molecule has 1 aromatic carbocycles. The Balaban J connectivity index is 1.98. The van der Waals surface area contributed by atoms with E-state index in [0.717, 1.165) is 18.7 Å². The lowest BCUT2D eigenvalue weighted by atomic mass is 10.1. The Kier molecular flexibility index (Phi) is 6.06. The lowest BCUT2D eigenvalue weighted by Crippen LogP contribution is -2.26. The van der Waals surface area contributed by atoms with E-state index < -0.39 is 0 Å². The molecule has 1 N–H and O–H groups in total. The van der Waals surface area contributed by atoms with Gasteiger partial charge in [0.25, 0.3) is 5.91 Å². The van der Waals surface area contributed by atoms with Crippen molar-refractivity contribution in [1.82, 2.24) is 15.1 Å². The molecule has 7 nitrogen and oxygen atoms in total. The molecule has 0 aliphatic rings. The lowest BCUT2D eigenvalue weighted by molar-refractivity contribution is 0.0948. The molecule has 0 spiro atoms. The quantitative estimate of drug-likeness (QED) is 0.748. The second-order valence-corrected chi connectivity index (χ2v) is 5.21. The van der Waals surface area contributed by atoms with E-state index in [1.54, 1.807) is 12.1 Å². The van der Waals surface area contributed by atoms with Gasteiger partial charge in [-0.15, -0.1) is 0 Å². The summed E-state index contributed by atoms with van der Waals surface area (Å²) in [6.07, 6.45) is 2.71. The average molecular weight is 333 g/mol. The van der Waals surface area contributed by atoms with Crippen LogP contribution in [0.25, 0.3) is 0 Å². The fourth-order valence-electron chi connectivity index (χ4n) is 2.41. The molecule has 0 unspecified atom stereocenters. The van der Waals surface area contributed by atoms with Gasteiger partial charge >= 0.3 is 0 Å². The first-order chi connectivity index (χ1) is 11.6. The van der Waals surface area contributed by atoms with E-state index in [0.29, 0.717) is 29.4 Å². The third-order valence-corrected chi connectivity index (χ3v) is 3.57. The molecule has 0 atom stereocenters. The van der Waals surface area contributed by atoms with E-state index in [-0.39, 0.29) is 5.91 Å². The van der Waals surface area contributed by atoms with Crippen molar-refractivity contribution in [3.05, 3.63) is 35.7 Å². The highest BCUT2D eigenvalue weighted by molar-refractivity contribution is 5.98. The number of hydrogen-bond donors (Lipinski definition) is 1. The Morgan fingerprint density at radius 2 is 1.88 bits per heavy atom. The summed E-state index contributed by atoms with van der Waals surface area (Å²) in [6.45, 7) is 3.23. The predicted octanol–water partition coefficient (Wildman–Crippen LogP) is 2.04. The van der Waals surface area contributed by atoms with Crippen molar-refractivity contribution in [1.29, 1.82) is 0 Å². The highest BCUT2D eigenvalue weighted by Gasteiger charge is 2.20. The second kappa shape index (κ2) is 8.24. The summed E-state index contributed by atoms with van der Waals surface area (Å²) >= 11 is 0. The zero-order valence-electron chi connectivity index (χ0n) is 14.5. The molecule has 0 aliphatic heterocycles. The third-order valence-electron chi connectivity index (χ3n) is 3.57. The highest BCUT2D eigenvalue weighted by atomic mass is 16.5. The van der Waals surface area contributed by atoms with Crippen molar-refractivity contribution in [3.63, 3.8) is 0 Å². The van der Waals surface area contributed by atoms with E-state index in [2.05, 4.69) is 10.4 Å². The smallest absolute Gasteiger partial charge is 0.255 e. The minimum absolute atomic E-state index is 0.218. The fraction of sp³-hybridized carbons (Fsp3) is 0.412. The van der Waals surface area contributed by atoms with Crippen LogP contribution in [0.1, 0.15) is 22.5 Å². The zero-order valence-corrected chi connectivity index (χ0v) is 14.5. The number of rotatable bonds is 8. The van der Waals surface area contributed by atoms with Gasteiger partial charge in [0.15, 0.2) is 11.5 Å².